The van der Waals surface area contributed by atoms with Crippen molar-refractivity contribution in [1.29, 1.82) is 0 Å². The van der Waals surface area contributed by atoms with Gasteiger partial charge in [0, 0.05) is 12.6 Å². The topological polar surface area (TPSA) is 84.2 Å². The van der Waals surface area contributed by atoms with Gasteiger partial charge in [0.2, 0.25) is 5.91 Å². The van der Waals surface area contributed by atoms with Crippen LogP contribution >= 0.6 is 0 Å². The molecule has 1 saturated carbocycles. The van der Waals surface area contributed by atoms with Crippen molar-refractivity contribution >= 4 is 11.9 Å². The maximum atomic E-state index is 11.7. The number of amides is 3. The molecule has 104 valence electrons. The minimum Gasteiger partial charge on any atom is -0.369 e. The third-order valence-electron chi connectivity index (χ3n) is 3.55. The summed E-state index contributed by atoms with van der Waals surface area (Å²) in [6, 6.07) is 0.0698. The molecule has 0 unspecified atom stereocenters. The lowest BCUT2D eigenvalue weighted by Crippen LogP contribution is -2.48. The zero-order valence-corrected chi connectivity index (χ0v) is 11.4. The second kappa shape index (κ2) is 6.61. The lowest BCUT2D eigenvalue weighted by atomic mass is 9.93. The summed E-state index contributed by atoms with van der Waals surface area (Å²) in [5.41, 5.74) is 4.54. The van der Waals surface area contributed by atoms with Crippen molar-refractivity contribution in [3.63, 3.8) is 0 Å². The zero-order valence-electron chi connectivity index (χ0n) is 11.4. The number of nitrogens with one attached hydrogen (secondary N) is 2. The van der Waals surface area contributed by atoms with Gasteiger partial charge in [0.15, 0.2) is 0 Å². The van der Waals surface area contributed by atoms with Crippen LogP contribution in [0.5, 0.6) is 0 Å². The van der Waals surface area contributed by atoms with Crippen molar-refractivity contribution in [1.82, 2.24) is 10.6 Å². The van der Waals surface area contributed by atoms with Crippen LogP contribution in [0.4, 0.5) is 4.79 Å². The number of carbonyl (C=O) groups is 2. The molecule has 4 N–H and O–H groups in total. The zero-order chi connectivity index (χ0) is 13.6. The Hall–Kier alpha value is -1.26. The number of hydrogen-bond acceptors (Lipinski definition) is 2. The number of urea groups is 1. The van der Waals surface area contributed by atoms with E-state index in [1.165, 1.54) is 25.7 Å². The van der Waals surface area contributed by atoms with Gasteiger partial charge in [0.1, 0.15) is 0 Å². The van der Waals surface area contributed by atoms with Crippen LogP contribution in [0, 0.1) is 5.41 Å². The molecule has 0 aromatic rings. The molecule has 0 saturated heterocycles. The van der Waals surface area contributed by atoms with E-state index < -0.39 is 11.3 Å². The van der Waals surface area contributed by atoms with Crippen molar-refractivity contribution in [3.8, 4) is 0 Å². The Morgan fingerprint density at radius 1 is 1.17 bits per heavy atom. The molecule has 0 aromatic heterocycles. The van der Waals surface area contributed by atoms with Crippen molar-refractivity contribution in [2.45, 2.75) is 58.4 Å². The van der Waals surface area contributed by atoms with Gasteiger partial charge in [-0.15, -0.1) is 0 Å². The lowest BCUT2D eigenvalue weighted by Gasteiger charge is -2.22. The average molecular weight is 255 g/mol. The van der Waals surface area contributed by atoms with E-state index in [1.54, 1.807) is 13.8 Å². The van der Waals surface area contributed by atoms with E-state index in [9.17, 15) is 9.59 Å². The highest BCUT2D eigenvalue weighted by atomic mass is 16.2. The van der Waals surface area contributed by atoms with E-state index in [4.69, 9.17) is 5.73 Å². The largest absolute Gasteiger partial charge is 0.369 e. The maximum Gasteiger partial charge on any atom is 0.315 e. The predicted molar refractivity (Wildman–Crippen MR) is 71.0 cm³/mol. The summed E-state index contributed by atoms with van der Waals surface area (Å²) >= 11 is 0. The van der Waals surface area contributed by atoms with Crippen molar-refractivity contribution < 1.29 is 9.59 Å². The summed E-state index contributed by atoms with van der Waals surface area (Å²) in [7, 11) is 0. The van der Waals surface area contributed by atoms with Gasteiger partial charge in [0.05, 0.1) is 5.41 Å². The first-order valence-electron chi connectivity index (χ1n) is 6.76. The second-order valence-electron chi connectivity index (χ2n) is 5.76. The molecule has 5 heteroatoms. The molecular formula is C13H25N3O2. The summed E-state index contributed by atoms with van der Waals surface area (Å²) in [5.74, 6) is -0.405. The fraction of sp³-hybridized carbons (Fsp3) is 0.846. The Kier molecular flexibility index (Phi) is 5.44. The van der Waals surface area contributed by atoms with Crippen molar-refractivity contribution in [2.24, 2.45) is 11.1 Å². The minimum absolute atomic E-state index is 0.198. The predicted octanol–water partition coefficient (Wildman–Crippen LogP) is 1.52. The number of hydrogen-bond donors (Lipinski definition) is 3. The number of rotatable bonds is 4. The minimum atomic E-state index is -0.708. The van der Waals surface area contributed by atoms with Gasteiger partial charge in [-0.3, -0.25) is 4.79 Å². The van der Waals surface area contributed by atoms with Gasteiger partial charge >= 0.3 is 6.03 Å². The monoisotopic (exact) mass is 255 g/mol. The SMILES string of the molecule is CC(C)(CNC(=O)NC1CCCCCC1)C(N)=O. The van der Waals surface area contributed by atoms with Gasteiger partial charge in [-0.05, 0) is 26.7 Å². The second-order valence-corrected chi connectivity index (χ2v) is 5.76. The highest BCUT2D eigenvalue weighted by Gasteiger charge is 2.25. The third-order valence-corrected chi connectivity index (χ3v) is 3.55. The molecule has 0 aliphatic heterocycles. The molecule has 5 nitrogen and oxygen atoms in total. The van der Waals surface area contributed by atoms with Crippen molar-refractivity contribution in [3.05, 3.63) is 0 Å². The van der Waals surface area contributed by atoms with Crippen LogP contribution in [0.25, 0.3) is 0 Å². The van der Waals surface area contributed by atoms with Gasteiger partial charge in [0.25, 0.3) is 0 Å². The van der Waals surface area contributed by atoms with Gasteiger partial charge in [-0.25, -0.2) is 4.79 Å². The molecule has 0 radical (unpaired) electrons. The molecule has 0 atom stereocenters. The first-order valence-corrected chi connectivity index (χ1v) is 6.76. The van der Waals surface area contributed by atoms with Crippen molar-refractivity contribution in [2.75, 3.05) is 6.54 Å². The van der Waals surface area contributed by atoms with Crippen LogP contribution in [0.1, 0.15) is 52.4 Å². The summed E-state index contributed by atoms with van der Waals surface area (Å²) in [6.07, 6.45) is 6.97. The van der Waals surface area contributed by atoms with Gasteiger partial charge < -0.3 is 16.4 Å². The highest BCUT2D eigenvalue weighted by molar-refractivity contribution is 5.81. The molecule has 3 amide bonds. The maximum absolute atomic E-state index is 11.7. The normalized spacial score (nSPS) is 17.9. The first-order chi connectivity index (χ1) is 8.42. The third kappa shape index (κ3) is 4.94. The molecule has 0 bridgehead atoms. The smallest absolute Gasteiger partial charge is 0.315 e. The summed E-state index contributed by atoms with van der Waals surface area (Å²) in [6.45, 7) is 3.71. The van der Waals surface area contributed by atoms with Gasteiger partial charge in [-0.2, -0.15) is 0 Å². The summed E-state index contributed by atoms with van der Waals surface area (Å²) < 4.78 is 0. The van der Waals surface area contributed by atoms with Crippen LogP contribution in [0.3, 0.4) is 0 Å². The molecule has 1 rings (SSSR count). The molecule has 0 spiro atoms. The Morgan fingerprint density at radius 2 is 1.72 bits per heavy atom. The lowest BCUT2D eigenvalue weighted by molar-refractivity contribution is -0.125. The van der Waals surface area contributed by atoms with Crippen LogP contribution in [-0.2, 0) is 4.79 Å². The molecule has 0 heterocycles. The molecular weight excluding hydrogens is 230 g/mol. The fourth-order valence-corrected chi connectivity index (χ4v) is 2.05. The average Bonchev–Trinajstić information content (AvgIpc) is 2.55. The van der Waals surface area contributed by atoms with Crippen LogP contribution in [0.15, 0.2) is 0 Å². The summed E-state index contributed by atoms with van der Waals surface area (Å²) in [5, 5.41) is 5.69. The number of carbonyl (C=O) groups excluding carboxylic acids is 2. The molecule has 18 heavy (non-hydrogen) atoms. The van der Waals surface area contributed by atoms with E-state index in [0.29, 0.717) is 0 Å². The molecule has 1 aliphatic carbocycles. The Balaban J connectivity index is 2.30. The Labute approximate surface area is 109 Å². The van der Waals surface area contributed by atoms with E-state index in [1.807, 2.05) is 0 Å². The quantitative estimate of drug-likeness (QED) is 0.665. The Morgan fingerprint density at radius 3 is 2.22 bits per heavy atom. The molecule has 1 fully saturated rings. The first kappa shape index (κ1) is 14.8. The molecule has 1 aliphatic rings. The highest BCUT2D eigenvalue weighted by Crippen LogP contribution is 2.17. The standard InChI is InChI=1S/C13H25N3O2/c1-13(2,11(14)17)9-15-12(18)16-10-7-5-3-4-6-8-10/h10H,3-9H2,1-2H3,(H2,14,17)(H2,15,16,18). The van der Waals surface area contributed by atoms with Crippen LogP contribution in [-0.4, -0.2) is 24.5 Å². The summed E-state index contributed by atoms with van der Waals surface area (Å²) in [4.78, 5) is 22.8. The number of nitrogens with two attached hydrogens (primary N) is 1. The van der Waals surface area contributed by atoms with E-state index in [-0.39, 0.29) is 18.6 Å². The van der Waals surface area contributed by atoms with Crippen LogP contribution in [0.2, 0.25) is 0 Å². The van der Waals surface area contributed by atoms with E-state index in [0.717, 1.165) is 12.8 Å². The van der Waals surface area contributed by atoms with E-state index in [2.05, 4.69) is 10.6 Å². The fourth-order valence-electron chi connectivity index (χ4n) is 2.05. The molecule has 0 aromatic carbocycles. The Bertz CT molecular complexity index is 295. The number of primary amides is 1. The van der Waals surface area contributed by atoms with Gasteiger partial charge in [-0.1, -0.05) is 25.7 Å². The van der Waals surface area contributed by atoms with Crippen LogP contribution < -0.4 is 16.4 Å². The van der Waals surface area contributed by atoms with E-state index >= 15 is 0 Å².